The Morgan fingerprint density at radius 2 is 1.56 bits per heavy atom. The molecule has 2 rings (SSSR count). The van der Waals surface area contributed by atoms with Gasteiger partial charge in [0.1, 0.15) is 0 Å². The lowest BCUT2D eigenvalue weighted by molar-refractivity contribution is -0.139. The Kier molecular flexibility index (Phi) is 3.90. The fourth-order valence-electron chi connectivity index (χ4n) is 2.94. The molecule has 1 aliphatic carbocycles. The van der Waals surface area contributed by atoms with Crippen LogP contribution >= 0.6 is 0 Å². The van der Waals surface area contributed by atoms with E-state index in [1.165, 1.54) is 0 Å². The number of carbonyl (C=O) groups excluding carboxylic acids is 2. The molecular formula is C13H23N3O2. The summed E-state index contributed by atoms with van der Waals surface area (Å²) in [4.78, 5) is 27.0. The zero-order valence-electron chi connectivity index (χ0n) is 11.2. The minimum atomic E-state index is -0.269. The zero-order valence-corrected chi connectivity index (χ0v) is 11.2. The molecule has 0 aromatic heterocycles. The van der Waals surface area contributed by atoms with Crippen molar-refractivity contribution in [2.75, 3.05) is 26.2 Å². The largest absolute Gasteiger partial charge is 0.339 e. The summed E-state index contributed by atoms with van der Waals surface area (Å²) < 4.78 is 0. The van der Waals surface area contributed by atoms with Gasteiger partial charge in [0.2, 0.25) is 11.8 Å². The molecule has 1 aliphatic heterocycles. The van der Waals surface area contributed by atoms with Gasteiger partial charge >= 0.3 is 0 Å². The molecule has 5 heteroatoms. The van der Waals surface area contributed by atoms with Crippen molar-refractivity contribution in [2.45, 2.75) is 44.6 Å². The molecule has 2 N–H and O–H groups in total. The van der Waals surface area contributed by atoms with Gasteiger partial charge in [0.25, 0.3) is 0 Å². The van der Waals surface area contributed by atoms with Crippen molar-refractivity contribution in [1.29, 1.82) is 0 Å². The highest BCUT2D eigenvalue weighted by Gasteiger charge is 2.34. The molecule has 0 bridgehead atoms. The molecule has 0 atom stereocenters. The van der Waals surface area contributed by atoms with Crippen molar-refractivity contribution in [3.8, 4) is 0 Å². The monoisotopic (exact) mass is 253 g/mol. The van der Waals surface area contributed by atoms with E-state index in [0.717, 1.165) is 25.7 Å². The van der Waals surface area contributed by atoms with E-state index >= 15 is 0 Å². The van der Waals surface area contributed by atoms with Gasteiger partial charge in [-0.1, -0.05) is 12.8 Å². The van der Waals surface area contributed by atoms with Gasteiger partial charge in [0, 0.05) is 45.1 Å². The summed E-state index contributed by atoms with van der Waals surface area (Å²) in [5.74, 6) is 0.246. The Labute approximate surface area is 108 Å². The fourth-order valence-corrected chi connectivity index (χ4v) is 2.94. The average molecular weight is 253 g/mol. The Morgan fingerprint density at radius 1 is 1.06 bits per heavy atom. The standard InChI is InChI=1S/C13H23N3O2/c1-11(17)15-6-8-16(9-7-15)12(18)10-13(14)4-2-3-5-13/h2-10,14H2,1H3. The van der Waals surface area contributed by atoms with Crippen molar-refractivity contribution >= 4 is 11.8 Å². The summed E-state index contributed by atoms with van der Waals surface area (Å²) in [6, 6.07) is 0. The first-order valence-corrected chi connectivity index (χ1v) is 6.82. The number of amides is 2. The first-order valence-electron chi connectivity index (χ1n) is 6.82. The first-order chi connectivity index (χ1) is 8.50. The highest BCUT2D eigenvalue weighted by molar-refractivity contribution is 5.78. The zero-order chi connectivity index (χ0) is 13.2. The lowest BCUT2D eigenvalue weighted by Crippen LogP contribution is -2.52. The lowest BCUT2D eigenvalue weighted by Gasteiger charge is -2.36. The topological polar surface area (TPSA) is 66.6 Å². The summed E-state index contributed by atoms with van der Waals surface area (Å²) in [5, 5.41) is 0. The number of rotatable bonds is 2. The number of hydrogen-bond acceptors (Lipinski definition) is 3. The third-order valence-electron chi connectivity index (χ3n) is 4.18. The number of hydrogen-bond donors (Lipinski definition) is 1. The third kappa shape index (κ3) is 3.02. The summed E-state index contributed by atoms with van der Waals surface area (Å²) in [6.45, 7) is 4.17. The molecule has 1 saturated carbocycles. The highest BCUT2D eigenvalue weighted by atomic mass is 16.2. The molecule has 18 heavy (non-hydrogen) atoms. The van der Waals surface area contributed by atoms with Gasteiger partial charge in [-0.15, -0.1) is 0 Å². The van der Waals surface area contributed by atoms with Crippen LogP contribution in [0.1, 0.15) is 39.0 Å². The molecule has 0 radical (unpaired) electrons. The van der Waals surface area contributed by atoms with Gasteiger partial charge in [-0.25, -0.2) is 0 Å². The van der Waals surface area contributed by atoms with E-state index < -0.39 is 0 Å². The molecule has 0 aromatic rings. The van der Waals surface area contributed by atoms with Crippen molar-refractivity contribution in [3.05, 3.63) is 0 Å². The smallest absolute Gasteiger partial charge is 0.224 e. The van der Waals surface area contributed by atoms with E-state index in [1.807, 2.05) is 4.90 Å². The normalized spacial score (nSPS) is 23.2. The van der Waals surface area contributed by atoms with Gasteiger partial charge in [0.15, 0.2) is 0 Å². The van der Waals surface area contributed by atoms with Crippen molar-refractivity contribution in [1.82, 2.24) is 9.80 Å². The molecule has 5 nitrogen and oxygen atoms in total. The molecule has 2 fully saturated rings. The SMILES string of the molecule is CC(=O)N1CCN(C(=O)CC2(N)CCCC2)CC1. The molecule has 0 spiro atoms. The Hall–Kier alpha value is -1.10. The van der Waals surface area contributed by atoms with Crippen LogP contribution < -0.4 is 5.73 Å². The van der Waals surface area contributed by atoms with Crippen LogP contribution in [0.25, 0.3) is 0 Å². The maximum Gasteiger partial charge on any atom is 0.224 e. The van der Waals surface area contributed by atoms with Crippen LogP contribution in [0, 0.1) is 0 Å². The molecule has 1 heterocycles. The van der Waals surface area contributed by atoms with Gasteiger partial charge < -0.3 is 15.5 Å². The number of nitrogens with zero attached hydrogens (tertiary/aromatic N) is 2. The maximum atomic E-state index is 12.2. The minimum absolute atomic E-state index is 0.0909. The van der Waals surface area contributed by atoms with Crippen LogP contribution in [-0.4, -0.2) is 53.3 Å². The quantitative estimate of drug-likeness (QED) is 0.771. The van der Waals surface area contributed by atoms with Crippen LogP contribution in [0.15, 0.2) is 0 Å². The van der Waals surface area contributed by atoms with E-state index in [0.29, 0.717) is 32.6 Å². The van der Waals surface area contributed by atoms with Gasteiger partial charge in [0.05, 0.1) is 0 Å². The van der Waals surface area contributed by atoms with Gasteiger partial charge in [-0.05, 0) is 12.8 Å². The van der Waals surface area contributed by atoms with Crippen molar-refractivity contribution in [3.63, 3.8) is 0 Å². The summed E-state index contributed by atoms with van der Waals surface area (Å²) in [5.41, 5.74) is 5.96. The molecule has 102 valence electrons. The second-order valence-electron chi connectivity index (χ2n) is 5.63. The van der Waals surface area contributed by atoms with Crippen molar-refractivity contribution in [2.24, 2.45) is 5.73 Å². The highest BCUT2D eigenvalue weighted by Crippen LogP contribution is 2.30. The fraction of sp³-hybridized carbons (Fsp3) is 0.846. The molecule has 2 amide bonds. The molecular weight excluding hydrogens is 230 g/mol. The van der Waals surface area contributed by atoms with Crippen LogP contribution in [0.5, 0.6) is 0 Å². The average Bonchev–Trinajstić information content (AvgIpc) is 2.76. The minimum Gasteiger partial charge on any atom is -0.339 e. The number of piperazine rings is 1. The lowest BCUT2D eigenvalue weighted by atomic mass is 9.94. The first kappa shape index (κ1) is 13.3. The summed E-state index contributed by atoms with van der Waals surface area (Å²) in [6.07, 6.45) is 4.68. The second kappa shape index (κ2) is 5.26. The molecule has 2 aliphatic rings. The Bertz CT molecular complexity index is 329. The number of carbonyl (C=O) groups is 2. The van der Waals surface area contributed by atoms with E-state index in [4.69, 9.17) is 5.73 Å². The van der Waals surface area contributed by atoms with E-state index in [2.05, 4.69) is 0 Å². The van der Waals surface area contributed by atoms with Gasteiger partial charge in [-0.2, -0.15) is 0 Å². The van der Waals surface area contributed by atoms with E-state index in [-0.39, 0.29) is 17.4 Å². The summed E-state index contributed by atoms with van der Waals surface area (Å²) in [7, 11) is 0. The van der Waals surface area contributed by atoms with Gasteiger partial charge in [-0.3, -0.25) is 9.59 Å². The predicted molar refractivity (Wildman–Crippen MR) is 68.8 cm³/mol. The van der Waals surface area contributed by atoms with Crippen LogP contribution in [0.4, 0.5) is 0 Å². The van der Waals surface area contributed by atoms with Crippen LogP contribution in [0.2, 0.25) is 0 Å². The second-order valence-corrected chi connectivity index (χ2v) is 5.63. The maximum absolute atomic E-state index is 12.2. The molecule has 0 unspecified atom stereocenters. The Balaban J connectivity index is 1.82. The summed E-state index contributed by atoms with van der Waals surface area (Å²) >= 11 is 0. The predicted octanol–water partition coefficient (Wildman–Crippen LogP) is 0.339. The van der Waals surface area contributed by atoms with E-state index in [9.17, 15) is 9.59 Å². The third-order valence-corrected chi connectivity index (χ3v) is 4.18. The van der Waals surface area contributed by atoms with Crippen LogP contribution in [-0.2, 0) is 9.59 Å². The number of nitrogens with two attached hydrogens (primary N) is 1. The van der Waals surface area contributed by atoms with Crippen LogP contribution in [0.3, 0.4) is 0 Å². The molecule has 1 saturated heterocycles. The van der Waals surface area contributed by atoms with E-state index in [1.54, 1.807) is 11.8 Å². The Morgan fingerprint density at radius 3 is 2.06 bits per heavy atom. The molecule has 0 aromatic carbocycles. The van der Waals surface area contributed by atoms with Crippen molar-refractivity contribution < 1.29 is 9.59 Å².